The number of nitrogens with one attached hydrogen (secondary N) is 3. The van der Waals surface area contributed by atoms with Crippen LogP contribution in [0.2, 0.25) is 0 Å². The van der Waals surface area contributed by atoms with Gasteiger partial charge in [-0.2, -0.15) is 0 Å². The van der Waals surface area contributed by atoms with Gasteiger partial charge in [-0.05, 0) is 106 Å². The van der Waals surface area contributed by atoms with E-state index in [1.54, 1.807) is 13.0 Å². The molecule has 3 aliphatic rings. The Hall–Kier alpha value is -3.95. The van der Waals surface area contributed by atoms with Crippen molar-refractivity contribution in [2.24, 2.45) is 0 Å². The number of ether oxygens (including phenoxy) is 2. The van der Waals surface area contributed by atoms with Crippen molar-refractivity contribution in [2.75, 3.05) is 44.9 Å². The van der Waals surface area contributed by atoms with E-state index in [1.165, 1.54) is 7.11 Å². The second-order valence-electron chi connectivity index (χ2n) is 12.6. The van der Waals surface area contributed by atoms with Crippen molar-refractivity contribution in [3.05, 3.63) is 80.3 Å². The van der Waals surface area contributed by atoms with Crippen LogP contribution in [0.15, 0.2) is 41.2 Å². The summed E-state index contributed by atoms with van der Waals surface area (Å²) in [4.78, 5) is 45.2. The zero-order chi connectivity index (χ0) is 31.7. The zero-order valence-electron chi connectivity index (χ0n) is 26.8. The molecule has 3 N–H and O–H groups in total. The number of nitrogens with zero attached hydrogens (tertiary/aromatic N) is 1. The van der Waals surface area contributed by atoms with Crippen LogP contribution in [0, 0.1) is 13.8 Å². The number of anilines is 1. The highest BCUT2D eigenvalue weighted by atomic mass is 16.5. The van der Waals surface area contributed by atoms with Gasteiger partial charge in [-0.3, -0.25) is 14.4 Å². The summed E-state index contributed by atoms with van der Waals surface area (Å²) in [5, 5.41) is 6.39. The molecule has 2 aromatic carbocycles. The van der Waals surface area contributed by atoms with E-state index in [-0.39, 0.29) is 23.4 Å². The monoisotopic (exact) mass is 612 g/mol. The van der Waals surface area contributed by atoms with Gasteiger partial charge >= 0.3 is 0 Å². The molecule has 2 aliphatic heterocycles. The lowest BCUT2D eigenvalue weighted by Crippen LogP contribution is -2.43. The number of carbonyl (C=O) groups is 2. The molecule has 0 radical (unpaired) electrons. The van der Waals surface area contributed by atoms with Crippen molar-refractivity contribution in [1.82, 2.24) is 15.6 Å². The molecule has 1 spiro atoms. The molecule has 1 amide bonds. The summed E-state index contributed by atoms with van der Waals surface area (Å²) in [6, 6.07) is 12.6. The molecule has 3 heterocycles. The van der Waals surface area contributed by atoms with Gasteiger partial charge in [0.25, 0.3) is 11.5 Å². The lowest BCUT2D eigenvalue weighted by molar-refractivity contribution is -0.123. The van der Waals surface area contributed by atoms with E-state index in [1.807, 2.05) is 13.0 Å². The predicted molar refractivity (Wildman–Crippen MR) is 175 cm³/mol. The van der Waals surface area contributed by atoms with Gasteiger partial charge in [-0.1, -0.05) is 18.2 Å². The third kappa shape index (κ3) is 5.79. The summed E-state index contributed by atoms with van der Waals surface area (Å²) >= 11 is 0. The average Bonchev–Trinajstić information content (AvgIpc) is 3.31. The first-order valence-electron chi connectivity index (χ1n) is 16.2. The molecular formula is C36H44N4O5. The Kier molecular flexibility index (Phi) is 8.84. The second kappa shape index (κ2) is 12.8. The molecular weight excluding hydrogens is 568 g/mol. The fourth-order valence-corrected chi connectivity index (χ4v) is 7.60. The van der Waals surface area contributed by atoms with Gasteiger partial charge < -0.3 is 30.0 Å². The number of aromatic nitrogens is 1. The maximum atomic E-state index is 13.9. The number of methoxy groups -OCH3 is 1. The van der Waals surface area contributed by atoms with E-state index in [0.717, 1.165) is 92.0 Å². The SMILES string of the molecule is CCN(c1cc(-c2ccc3c(c2)CC(=O)C32CCNCC2)cc(C(=O)NCc2c(OC)cc(C)[nH]c2=O)c1C)C1CCOCC1. The van der Waals surface area contributed by atoms with E-state index in [2.05, 4.69) is 51.7 Å². The van der Waals surface area contributed by atoms with E-state index in [4.69, 9.17) is 9.47 Å². The molecule has 9 nitrogen and oxygen atoms in total. The summed E-state index contributed by atoms with van der Waals surface area (Å²) in [6.07, 6.45) is 3.97. The largest absolute Gasteiger partial charge is 0.496 e. The fourth-order valence-electron chi connectivity index (χ4n) is 7.60. The van der Waals surface area contributed by atoms with E-state index < -0.39 is 0 Å². The van der Waals surface area contributed by atoms with Crippen molar-refractivity contribution in [3.8, 4) is 16.9 Å². The number of aryl methyl sites for hydroxylation is 1. The van der Waals surface area contributed by atoms with E-state index >= 15 is 0 Å². The van der Waals surface area contributed by atoms with Gasteiger partial charge in [0.2, 0.25) is 0 Å². The quantitative estimate of drug-likeness (QED) is 0.347. The van der Waals surface area contributed by atoms with Gasteiger partial charge in [0.15, 0.2) is 0 Å². The number of ketones is 1. The number of hydrogen-bond donors (Lipinski definition) is 3. The van der Waals surface area contributed by atoms with E-state index in [9.17, 15) is 14.4 Å². The van der Waals surface area contributed by atoms with Crippen molar-refractivity contribution >= 4 is 17.4 Å². The third-order valence-corrected chi connectivity index (χ3v) is 10.1. The molecule has 3 aromatic rings. The highest BCUT2D eigenvalue weighted by Gasteiger charge is 2.46. The third-order valence-electron chi connectivity index (χ3n) is 10.1. The minimum Gasteiger partial charge on any atom is -0.496 e. The summed E-state index contributed by atoms with van der Waals surface area (Å²) in [6.45, 7) is 9.91. The minimum atomic E-state index is -0.375. The smallest absolute Gasteiger partial charge is 0.256 e. The highest BCUT2D eigenvalue weighted by molar-refractivity contribution is 6.00. The zero-order valence-corrected chi connectivity index (χ0v) is 26.8. The molecule has 0 atom stereocenters. The van der Waals surface area contributed by atoms with Crippen LogP contribution >= 0.6 is 0 Å². The number of carbonyl (C=O) groups excluding carboxylic acids is 2. The molecule has 1 aromatic heterocycles. The Balaban J connectivity index is 1.39. The number of amides is 1. The summed E-state index contributed by atoms with van der Waals surface area (Å²) < 4.78 is 11.1. The number of aromatic amines is 1. The Bertz CT molecular complexity index is 1670. The number of fused-ring (bicyclic) bond motifs is 2. The molecule has 0 bridgehead atoms. The van der Waals surface area contributed by atoms with Crippen molar-refractivity contribution in [2.45, 2.75) is 70.9 Å². The number of piperidine rings is 1. The van der Waals surface area contributed by atoms with Gasteiger partial charge in [0.1, 0.15) is 11.5 Å². The molecule has 9 heteroatoms. The Morgan fingerprint density at radius 2 is 1.82 bits per heavy atom. The van der Waals surface area contributed by atoms with Crippen LogP contribution in [-0.4, -0.2) is 62.7 Å². The van der Waals surface area contributed by atoms with Crippen molar-refractivity contribution < 1.29 is 19.1 Å². The minimum absolute atomic E-state index is 0.0337. The first kappa shape index (κ1) is 31.0. The van der Waals surface area contributed by atoms with Gasteiger partial charge in [0, 0.05) is 49.2 Å². The predicted octanol–water partition coefficient (Wildman–Crippen LogP) is 4.35. The Morgan fingerprint density at radius 1 is 1.07 bits per heavy atom. The molecule has 0 saturated carbocycles. The van der Waals surface area contributed by atoms with Crippen LogP contribution in [-0.2, 0) is 27.9 Å². The van der Waals surface area contributed by atoms with Gasteiger partial charge in [-0.15, -0.1) is 0 Å². The maximum Gasteiger partial charge on any atom is 0.256 e. The van der Waals surface area contributed by atoms with Crippen LogP contribution in [0.3, 0.4) is 0 Å². The highest BCUT2D eigenvalue weighted by Crippen LogP contribution is 2.44. The fraction of sp³-hybridized carbons (Fsp3) is 0.472. The van der Waals surface area contributed by atoms with Crippen LogP contribution in [0.25, 0.3) is 11.1 Å². The standard InChI is InChI=1S/C36H44N4O5/c1-5-40(27-8-14-45-15-9-27)31-19-25(24-6-7-30-26(17-24)20-33(41)36(30)10-12-37-13-11-36)18-28(23(31)3)34(42)38-21-29-32(44-4)16-22(2)39-35(29)43/h6-7,16-19,27,37H,5,8-15,20-21H2,1-4H3,(H,38,42)(H,39,43). The number of hydrogen-bond acceptors (Lipinski definition) is 7. The molecule has 45 heavy (non-hydrogen) atoms. The van der Waals surface area contributed by atoms with Crippen molar-refractivity contribution in [3.63, 3.8) is 0 Å². The molecule has 1 aliphatic carbocycles. The topological polar surface area (TPSA) is 113 Å². The average molecular weight is 613 g/mol. The number of pyridine rings is 1. The first-order valence-corrected chi connectivity index (χ1v) is 16.2. The first-order chi connectivity index (χ1) is 21.8. The number of benzene rings is 2. The molecule has 2 saturated heterocycles. The Morgan fingerprint density at radius 3 is 2.53 bits per heavy atom. The van der Waals surface area contributed by atoms with Gasteiger partial charge in [-0.25, -0.2) is 0 Å². The Labute approximate surface area is 264 Å². The maximum absolute atomic E-state index is 13.9. The van der Waals surface area contributed by atoms with Crippen LogP contribution < -0.4 is 25.8 Å². The number of rotatable bonds is 8. The summed E-state index contributed by atoms with van der Waals surface area (Å²) in [7, 11) is 1.52. The van der Waals surface area contributed by atoms with Crippen LogP contribution in [0.1, 0.15) is 70.9 Å². The number of Topliss-reactive ketones (excluding diaryl/α,β-unsaturated/α-hetero) is 1. The molecule has 6 rings (SSSR count). The van der Waals surface area contributed by atoms with Crippen LogP contribution in [0.4, 0.5) is 5.69 Å². The summed E-state index contributed by atoms with van der Waals surface area (Å²) in [5.41, 5.74) is 7.04. The lowest BCUT2D eigenvalue weighted by Gasteiger charge is -2.37. The van der Waals surface area contributed by atoms with Crippen molar-refractivity contribution in [1.29, 1.82) is 0 Å². The second-order valence-corrected chi connectivity index (χ2v) is 12.6. The lowest BCUT2D eigenvalue weighted by atomic mass is 9.73. The van der Waals surface area contributed by atoms with Crippen LogP contribution in [0.5, 0.6) is 5.75 Å². The number of H-pyrrole nitrogens is 1. The molecule has 238 valence electrons. The van der Waals surface area contributed by atoms with E-state index in [0.29, 0.717) is 40.8 Å². The van der Waals surface area contributed by atoms with Gasteiger partial charge in [0.05, 0.1) is 24.6 Å². The normalized spacial score (nSPS) is 17.7. The molecule has 0 unspecified atom stereocenters. The summed E-state index contributed by atoms with van der Waals surface area (Å²) in [5.74, 6) is 0.503. The molecule has 2 fully saturated rings.